The zero-order chi connectivity index (χ0) is 43.0. The SMILES string of the molecule is CC/C=C\C/C=C\C/C=C\CCCC(=O)OCC(COC(=O)CCCCCCCCCCCCCCCCCCC)OC(=O)CC/C=C\C/C=C\CCCCCCCC. The third-order valence-electron chi connectivity index (χ3n) is 10.5. The number of carbonyl (C=O) groups excluding carboxylic acids is 3. The highest BCUT2D eigenvalue weighted by atomic mass is 16.6. The van der Waals surface area contributed by atoms with E-state index in [0.29, 0.717) is 19.3 Å². The van der Waals surface area contributed by atoms with Crippen LogP contribution in [0, 0.1) is 0 Å². The first-order chi connectivity index (χ1) is 29.0. The lowest BCUT2D eigenvalue weighted by atomic mass is 10.0. The lowest BCUT2D eigenvalue weighted by Crippen LogP contribution is -2.30. The summed E-state index contributed by atoms with van der Waals surface area (Å²) in [5.41, 5.74) is 0. The third-order valence-corrected chi connectivity index (χ3v) is 10.5. The van der Waals surface area contributed by atoms with Gasteiger partial charge >= 0.3 is 17.9 Å². The van der Waals surface area contributed by atoms with Gasteiger partial charge in [-0.3, -0.25) is 14.4 Å². The van der Waals surface area contributed by atoms with E-state index in [9.17, 15) is 14.4 Å². The average molecular weight is 825 g/mol. The number of esters is 3. The van der Waals surface area contributed by atoms with Crippen molar-refractivity contribution in [1.82, 2.24) is 0 Å². The number of hydrogen-bond acceptors (Lipinski definition) is 6. The Bertz CT molecular complexity index is 1090. The Morgan fingerprint density at radius 1 is 0.356 bits per heavy atom. The van der Waals surface area contributed by atoms with Gasteiger partial charge in [-0.15, -0.1) is 0 Å². The summed E-state index contributed by atoms with van der Waals surface area (Å²) in [6.45, 7) is 6.42. The Hall–Kier alpha value is -2.89. The number of ether oxygens (including phenoxy) is 3. The summed E-state index contributed by atoms with van der Waals surface area (Å²) in [7, 11) is 0. The van der Waals surface area contributed by atoms with Crippen LogP contribution in [0.3, 0.4) is 0 Å². The minimum Gasteiger partial charge on any atom is -0.462 e. The van der Waals surface area contributed by atoms with Crippen LogP contribution in [0.2, 0.25) is 0 Å². The molecule has 0 radical (unpaired) electrons. The summed E-state index contributed by atoms with van der Waals surface area (Å²) in [5.74, 6) is -1.03. The van der Waals surface area contributed by atoms with E-state index in [1.54, 1.807) is 0 Å². The molecule has 0 aromatic heterocycles. The topological polar surface area (TPSA) is 78.9 Å². The van der Waals surface area contributed by atoms with Crippen molar-refractivity contribution in [3.05, 3.63) is 60.8 Å². The van der Waals surface area contributed by atoms with Crippen molar-refractivity contribution in [3.63, 3.8) is 0 Å². The lowest BCUT2D eigenvalue weighted by Gasteiger charge is -2.18. The van der Waals surface area contributed by atoms with Gasteiger partial charge in [0.1, 0.15) is 13.2 Å². The van der Waals surface area contributed by atoms with Gasteiger partial charge in [0.05, 0.1) is 0 Å². The normalized spacial score (nSPS) is 12.5. The van der Waals surface area contributed by atoms with Crippen molar-refractivity contribution in [2.24, 2.45) is 0 Å². The van der Waals surface area contributed by atoms with Gasteiger partial charge in [-0.2, -0.15) is 0 Å². The van der Waals surface area contributed by atoms with E-state index < -0.39 is 6.10 Å². The first-order valence-electron chi connectivity index (χ1n) is 24.8. The summed E-state index contributed by atoms with van der Waals surface area (Å²) >= 11 is 0. The standard InChI is InChI=1S/C53H92O6/c1-4-7-10-13-16-19-22-24-25-26-27-29-31-34-37-40-43-46-52(55)58-49-50(48-57-51(54)45-42-39-36-33-30-21-18-15-12-9-6-3)59-53(56)47-44-41-38-35-32-28-23-20-17-14-11-8-5-2/h9,12,18,21,28,32-33,36,38,41,50H,4-8,10-11,13-17,19-20,22-27,29-31,34-35,37,39-40,42-49H2,1-3H3/b12-9-,21-18-,32-28-,36-33-,41-38-. The molecule has 59 heavy (non-hydrogen) atoms. The molecule has 0 aliphatic heterocycles. The summed E-state index contributed by atoms with van der Waals surface area (Å²) in [4.78, 5) is 37.8. The molecule has 0 amide bonds. The summed E-state index contributed by atoms with van der Waals surface area (Å²) in [6.07, 6.45) is 58.0. The Kier molecular flexibility index (Phi) is 45.4. The monoisotopic (exact) mass is 825 g/mol. The summed E-state index contributed by atoms with van der Waals surface area (Å²) in [5, 5.41) is 0. The fourth-order valence-electron chi connectivity index (χ4n) is 6.81. The van der Waals surface area contributed by atoms with Crippen molar-refractivity contribution in [1.29, 1.82) is 0 Å². The van der Waals surface area contributed by atoms with Crippen molar-refractivity contribution in [3.8, 4) is 0 Å². The fourth-order valence-corrected chi connectivity index (χ4v) is 6.81. The number of hydrogen-bond donors (Lipinski definition) is 0. The van der Waals surface area contributed by atoms with Crippen LogP contribution < -0.4 is 0 Å². The van der Waals surface area contributed by atoms with Gasteiger partial charge in [-0.25, -0.2) is 0 Å². The molecule has 0 spiro atoms. The second kappa shape index (κ2) is 47.8. The van der Waals surface area contributed by atoms with Gasteiger partial charge < -0.3 is 14.2 Å². The molecule has 0 aromatic rings. The lowest BCUT2D eigenvalue weighted by molar-refractivity contribution is -0.166. The van der Waals surface area contributed by atoms with E-state index in [1.807, 2.05) is 6.08 Å². The number of unbranched alkanes of at least 4 members (excludes halogenated alkanes) is 23. The maximum absolute atomic E-state index is 12.7. The molecule has 0 aromatic carbocycles. The molecule has 0 aliphatic carbocycles. The van der Waals surface area contributed by atoms with E-state index in [0.717, 1.165) is 57.8 Å². The van der Waals surface area contributed by atoms with Crippen LogP contribution in [-0.4, -0.2) is 37.2 Å². The number of allylic oxidation sites excluding steroid dienone is 10. The minimum atomic E-state index is -0.821. The highest BCUT2D eigenvalue weighted by Crippen LogP contribution is 2.15. The molecule has 0 rings (SSSR count). The van der Waals surface area contributed by atoms with Crippen molar-refractivity contribution in [2.45, 2.75) is 245 Å². The first kappa shape index (κ1) is 56.1. The quantitative estimate of drug-likeness (QED) is 0.0263. The molecule has 0 saturated carbocycles. The Morgan fingerprint density at radius 2 is 0.712 bits per heavy atom. The summed E-state index contributed by atoms with van der Waals surface area (Å²) in [6, 6.07) is 0. The van der Waals surface area contributed by atoms with Gasteiger partial charge in [-0.05, 0) is 64.2 Å². The molecular formula is C53H92O6. The minimum absolute atomic E-state index is 0.111. The molecule has 0 bridgehead atoms. The van der Waals surface area contributed by atoms with Gasteiger partial charge in [0.25, 0.3) is 0 Å². The molecule has 0 fully saturated rings. The van der Waals surface area contributed by atoms with Crippen LogP contribution in [0.25, 0.3) is 0 Å². The fraction of sp³-hybridized carbons (Fsp3) is 0.755. The smallest absolute Gasteiger partial charge is 0.306 e. The van der Waals surface area contributed by atoms with Crippen molar-refractivity contribution >= 4 is 17.9 Å². The largest absolute Gasteiger partial charge is 0.462 e. The van der Waals surface area contributed by atoms with Gasteiger partial charge in [0.15, 0.2) is 6.10 Å². The molecule has 340 valence electrons. The molecule has 0 heterocycles. The van der Waals surface area contributed by atoms with E-state index in [-0.39, 0.29) is 44.0 Å². The van der Waals surface area contributed by atoms with Crippen LogP contribution in [0.15, 0.2) is 60.8 Å². The van der Waals surface area contributed by atoms with Gasteiger partial charge in [-0.1, -0.05) is 216 Å². The summed E-state index contributed by atoms with van der Waals surface area (Å²) < 4.78 is 16.6. The maximum atomic E-state index is 12.7. The maximum Gasteiger partial charge on any atom is 0.306 e. The highest BCUT2D eigenvalue weighted by molar-refractivity contribution is 5.71. The highest BCUT2D eigenvalue weighted by Gasteiger charge is 2.19. The molecule has 6 heteroatoms. The molecule has 0 N–H and O–H groups in total. The Balaban J connectivity index is 4.43. The molecule has 1 unspecified atom stereocenters. The van der Waals surface area contributed by atoms with Crippen molar-refractivity contribution < 1.29 is 28.6 Å². The Labute approximate surface area is 364 Å². The van der Waals surface area contributed by atoms with E-state index in [4.69, 9.17) is 14.2 Å². The number of carbonyl (C=O) groups is 3. The van der Waals surface area contributed by atoms with Crippen LogP contribution in [0.4, 0.5) is 0 Å². The molecule has 1 atom stereocenters. The predicted molar refractivity (Wildman–Crippen MR) is 251 cm³/mol. The van der Waals surface area contributed by atoms with E-state index >= 15 is 0 Å². The molecule has 0 saturated heterocycles. The third kappa shape index (κ3) is 46.0. The number of rotatable bonds is 44. The van der Waals surface area contributed by atoms with Crippen LogP contribution in [0.1, 0.15) is 239 Å². The van der Waals surface area contributed by atoms with E-state index in [1.165, 1.54) is 128 Å². The van der Waals surface area contributed by atoms with Crippen molar-refractivity contribution in [2.75, 3.05) is 13.2 Å². The molecular weight excluding hydrogens is 733 g/mol. The second-order valence-electron chi connectivity index (χ2n) is 16.3. The first-order valence-corrected chi connectivity index (χ1v) is 24.8. The Morgan fingerprint density at radius 3 is 1.17 bits per heavy atom. The van der Waals surface area contributed by atoms with Crippen LogP contribution in [-0.2, 0) is 28.6 Å². The zero-order valence-corrected chi connectivity index (χ0v) is 38.8. The zero-order valence-electron chi connectivity index (χ0n) is 38.8. The second-order valence-corrected chi connectivity index (χ2v) is 16.3. The molecule has 6 nitrogen and oxygen atoms in total. The molecule has 0 aliphatic rings. The van der Waals surface area contributed by atoms with E-state index in [2.05, 4.69) is 75.5 Å². The average Bonchev–Trinajstić information content (AvgIpc) is 3.23. The predicted octanol–water partition coefficient (Wildman–Crippen LogP) is 16.1. The van der Waals surface area contributed by atoms with Gasteiger partial charge in [0.2, 0.25) is 0 Å². The van der Waals surface area contributed by atoms with Crippen LogP contribution >= 0.6 is 0 Å². The van der Waals surface area contributed by atoms with Crippen LogP contribution in [0.5, 0.6) is 0 Å². The van der Waals surface area contributed by atoms with Gasteiger partial charge in [0, 0.05) is 19.3 Å².